The molecule has 0 aromatic heterocycles. The number of hydrogen-bond acceptors (Lipinski definition) is 2. The molecular formula is C24H22O4. The average molecular weight is 374 g/mol. The second-order valence-corrected chi connectivity index (χ2v) is 6.54. The van der Waals surface area contributed by atoms with Crippen molar-refractivity contribution >= 4 is 11.9 Å². The zero-order valence-electron chi connectivity index (χ0n) is 15.9. The molecule has 3 aromatic carbocycles. The van der Waals surface area contributed by atoms with Crippen LogP contribution in [0.15, 0.2) is 60.7 Å². The number of aromatic carboxylic acids is 2. The van der Waals surface area contributed by atoms with Gasteiger partial charge in [0, 0.05) is 0 Å². The number of hydrogen-bond donors (Lipinski definition) is 2. The third kappa shape index (κ3) is 3.41. The predicted molar refractivity (Wildman–Crippen MR) is 110 cm³/mol. The lowest BCUT2D eigenvalue weighted by molar-refractivity contribution is 0.0686. The summed E-state index contributed by atoms with van der Waals surface area (Å²) in [6.45, 7) is 4.03. The van der Waals surface area contributed by atoms with Gasteiger partial charge < -0.3 is 10.2 Å². The number of carbonyl (C=O) groups is 2. The molecule has 0 fully saturated rings. The molecule has 0 spiro atoms. The SMILES string of the molecule is CCc1ccc(CC)c(-c2ccccc2C(=O)O)c1-c1ccccc1C(=O)O. The second-order valence-electron chi connectivity index (χ2n) is 6.54. The highest BCUT2D eigenvalue weighted by Crippen LogP contribution is 2.41. The second kappa shape index (κ2) is 8.09. The van der Waals surface area contributed by atoms with E-state index in [9.17, 15) is 19.8 Å². The van der Waals surface area contributed by atoms with Crippen molar-refractivity contribution in [3.05, 3.63) is 82.9 Å². The first-order chi connectivity index (χ1) is 13.5. The van der Waals surface area contributed by atoms with Crippen LogP contribution >= 0.6 is 0 Å². The molecule has 3 aromatic rings. The van der Waals surface area contributed by atoms with Gasteiger partial charge in [-0.1, -0.05) is 62.4 Å². The number of aryl methyl sites for hydroxylation is 2. The van der Waals surface area contributed by atoms with Gasteiger partial charge in [-0.15, -0.1) is 0 Å². The highest BCUT2D eigenvalue weighted by atomic mass is 16.4. The van der Waals surface area contributed by atoms with E-state index >= 15 is 0 Å². The van der Waals surface area contributed by atoms with Crippen molar-refractivity contribution in [2.75, 3.05) is 0 Å². The van der Waals surface area contributed by atoms with Crippen molar-refractivity contribution in [2.45, 2.75) is 26.7 Å². The molecule has 142 valence electrons. The average Bonchev–Trinajstić information content (AvgIpc) is 2.72. The van der Waals surface area contributed by atoms with Gasteiger partial charge in [-0.3, -0.25) is 0 Å². The fourth-order valence-corrected chi connectivity index (χ4v) is 3.67. The summed E-state index contributed by atoms with van der Waals surface area (Å²) in [7, 11) is 0. The lowest BCUT2D eigenvalue weighted by Crippen LogP contribution is -2.06. The minimum absolute atomic E-state index is 0.208. The van der Waals surface area contributed by atoms with Gasteiger partial charge in [-0.25, -0.2) is 9.59 Å². The molecule has 2 N–H and O–H groups in total. The summed E-state index contributed by atoms with van der Waals surface area (Å²) in [5.74, 6) is -2.01. The molecule has 0 aliphatic rings. The van der Waals surface area contributed by atoms with Crippen LogP contribution in [0.1, 0.15) is 45.7 Å². The summed E-state index contributed by atoms with van der Waals surface area (Å²) in [4.78, 5) is 23.8. The highest BCUT2D eigenvalue weighted by Gasteiger charge is 2.22. The summed E-state index contributed by atoms with van der Waals surface area (Å²) < 4.78 is 0. The predicted octanol–water partition coefficient (Wildman–Crippen LogP) is 5.54. The molecule has 0 atom stereocenters. The minimum Gasteiger partial charge on any atom is -0.478 e. The van der Waals surface area contributed by atoms with Crippen LogP contribution in [0.25, 0.3) is 22.3 Å². The molecule has 4 nitrogen and oxygen atoms in total. The quantitative estimate of drug-likeness (QED) is 0.594. The Balaban J connectivity index is 2.49. The number of benzene rings is 3. The molecule has 0 saturated carbocycles. The first-order valence-electron chi connectivity index (χ1n) is 9.29. The first-order valence-corrected chi connectivity index (χ1v) is 9.29. The summed E-state index contributed by atoms with van der Waals surface area (Å²) in [6.07, 6.45) is 1.41. The van der Waals surface area contributed by atoms with Crippen molar-refractivity contribution in [1.29, 1.82) is 0 Å². The normalized spacial score (nSPS) is 10.6. The lowest BCUT2D eigenvalue weighted by Gasteiger charge is -2.21. The fraction of sp³-hybridized carbons (Fsp3) is 0.167. The van der Waals surface area contributed by atoms with Crippen molar-refractivity contribution in [1.82, 2.24) is 0 Å². The lowest BCUT2D eigenvalue weighted by atomic mass is 9.82. The summed E-state index contributed by atoms with van der Waals surface area (Å²) in [6, 6.07) is 17.8. The van der Waals surface area contributed by atoms with E-state index in [2.05, 4.69) is 0 Å². The smallest absolute Gasteiger partial charge is 0.336 e. The Kier molecular flexibility index (Phi) is 5.59. The molecule has 0 unspecified atom stereocenters. The highest BCUT2D eigenvalue weighted by molar-refractivity contribution is 6.04. The Morgan fingerprint density at radius 2 is 1.00 bits per heavy atom. The van der Waals surface area contributed by atoms with Crippen LogP contribution in [0, 0.1) is 0 Å². The third-order valence-corrected chi connectivity index (χ3v) is 4.99. The van der Waals surface area contributed by atoms with Crippen molar-refractivity contribution in [2.24, 2.45) is 0 Å². The molecule has 0 heterocycles. The standard InChI is InChI=1S/C24H22O4/c1-3-15-13-14-16(4-2)22(18-10-6-8-12-20(18)24(27)28)21(15)17-9-5-7-11-19(17)23(25)26/h5-14H,3-4H2,1-2H3,(H,25,26)(H,27,28). The van der Waals surface area contributed by atoms with E-state index in [1.54, 1.807) is 36.4 Å². The van der Waals surface area contributed by atoms with Crippen molar-refractivity contribution < 1.29 is 19.8 Å². The zero-order chi connectivity index (χ0) is 20.3. The Morgan fingerprint density at radius 3 is 1.32 bits per heavy atom. The van der Waals surface area contributed by atoms with Crippen LogP contribution in [0.2, 0.25) is 0 Å². The van der Waals surface area contributed by atoms with Crippen LogP contribution in [-0.4, -0.2) is 22.2 Å². The van der Waals surface area contributed by atoms with E-state index < -0.39 is 11.9 Å². The van der Waals surface area contributed by atoms with Gasteiger partial charge in [-0.05, 0) is 58.4 Å². The molecule has 28 heavy (non-hydrogen) atoms. The van der Waals surface area contributed by atoms with E-state index in [4.69, 9.17) is 0 Å². The molecule has 0 aliphatic heterocycles. The Morgan fingerprint density at radius 1 is 0.643 bits per heavy atom. The van der Waals surface area contributed by atoms with Crippen LogP contribution in [0.3, 0.4) is 0 Å². The molecule has 3 rings (SSSR count). The molecular weight excluding hydrogens is 352 g/mol. The van der Waals surface area contributed by atoms with Gasteiger partial charge in [0.15, 0.2) is 0 Å². The summed E-state index contributed by atoms with van der Waals surface area (Å²) >= 11 is 0. The maximum absolute atomic E-state index is 11.9. The van der Waals surface area contributed by atoms with Gasteiger partial charge in [0.25, 0.3) is 0 Å². The van der Waals surface area contributed by atoms with E-state index in [0.29, 0.717) is 24.0 Å². The fourth-order valence-electron chi connectivity index (χ4n) is 3.67. The van der Waals surface area contributed by atoms with Crippen LogP contribution < -0.4 is 0 Å². The van der Waals surface area contributed by atoms with Crippen molar-refractivity contribution in [3.63, 3.8) is 0 Å². The Labute approximate surface area is 164 Å². The van der Waals surface area contributed by atoms with Crippen LogP contribution in [-0.2, 0) is 12.8 Å². The maximum Gasteiger partial charge on any atom is 0.336 e. The molecule has 0 amide bonds. The van der Waals surface area contributed by atoms with Gasteiger partial charge in [0.05, 0.1) is 11.1 Å². The van der Waals surface area contributed by atoms with Gasteiger partial charge >= 0.3 is 11.9 Å². The molecule has 0 radical (unpaired) electrons. The van der Waals surface area contributed by atoms with Crippen LogP contribution in [0.4, 0.5) is 0 Å². The number of carboxylic acids is 2. The number of carboxylic acid groups (broad SMARTS) is 2. The van der Waals surface area contributed by atoms with E-state index in [1.807, 2.05) is 38.1 Å². The first kappa shape index (κ1) is 19.4. The largest absolute Gasteiger partial charge is 0.478 e. The van der Waals surface area contributed by atoms with Crippen LogP contribution in [0.5, 0.6) is 0 Å². The third-order valence-electron chi connectivity index (χ3n) is 4.99. The summed E-state index contributed by atoms with van der Waals surface area (Å²) in [5.41, 5.74) is 5.21. The van der Waals surface area contributed by atoms with E-state index in [1.165, 1.54) is 0 Å². The maximum atomic E-state index is 11.9. The van der Waals surface area contributed by atoms with E-state index in [-0.39, 0.29) is 11.1 Å². The summed E-state index contributed by atoms with van der Waals surface area (Å²) in [5, 5.41) is 19.5. The van der Waals surface area contributed by atoms with Gasteiger partial charge in [-0.2, -0.15) is 0 Å². The Hall–Kier alpha value is -3.40. The number of rotatable bonds is 6. The molecule has 0 saturated heterocycles. The minimum atomic E-state index is -1.00. The van der Waals surface area contributed by atoms with E-state index in [0.717, 1.165) is 22.3 Å². The molecule has 0 aliphatic carbocycles. The monoisotopic (exact) mass is 374 g/mol. The van der Waals surface area contributed by atoms with Crippen molar-refractivity contribution in [3.8, 4) is 22.3 Å². The molecule has 4 heteroatoms. The molecule has 0 bridgehead atoms. The van der Waals surface area contributed by atoms with Gasteiger partial charge in [0.1, 0.15) is 0 Å². The Bertz CT molecular complexity index is 966. The topological polar surface area (TPSA) is 74.6 Å². The zero-order valence-corrected chi connectivity index (χ0v) is 15.9. The van der Waals surface area contributed by atoms with Gasteiger partial charge in [0.2, 0.25) is 0 Å².